The second kappa shape index (κ2) is 5.75. The van der Waals surface area contributed by atoms with Crippen LogP contribution in [-0.2, 0) is 13.1 Å². The van der Waals surface area contributed by atoms with Gasteiger partial charge in [-0.05, 0) is 37.4 Å². The van der Waals surface area contributed by atoms with E-state index in [1.54, 1.807) is 0 Å². The van der Waals surface area contributed by atoms with Crippen LogP contribution < -0.4 is 0 Å². The van der Waals surface area contributed by atoms with Gasteiger partial charge in [0.15, 0.2) is 5.82 Å². The van der Waals surface area contributed by atoms with Crippen LogP contribution in [0.25, 0.3) is 0 Å². The number of benzene rings is 1. The van der Waals surface area contributed by atoms with Crippen molar-refractivity contribution in [2.45, 2.75) is 45.7 Å². The molecule has 1 aromatic carbocycles. The molecular formula is C16H21N3O. The van der Waals surface area contributed by atoms with Gasteiger partial charge in [-0.3, -0.25) is 4.90 Å². The molecule has 0 atom stereocenters. The molecule has 1 heterocycles. The Bertz CT molecular complexity index is 575. The van der Waals surface area contributed by atoms with E-state index in [0.29, 0.717) is 5.92 Å². The van der Waals surface area contributed by atoms with Crippen molar-refractivity contribution < 1.29 is 4.52 Å². The normalized spacial score (nSPS) is 14.9. The van der Waals surface area contributed by atoms with Crippen LogP contribution in [0.3, 0.4) is 0 Å². The molecule has 1 aliphatic rings. The average molecular weight is 271 g/mol. The zero-order valence-corrected chi connectivity index (χ0v) is 12.2. The van der Waals surface area contributed by atoms with Crippen LogP contribution in [0, 0.1) is 6.92 Å². The first-order valence-corrected chi connectivity index (χ1v) is 7.35. The third kappa shape index (κ3) is 3.07. The lowest BCUT2D eigenvalue weighted by Gasteiger charge is -2.19. The molecule has 0 unspecified atom stereocenters. The molecule has 4 nitrogen and oxygen atoms in total. The summed E-state index contributed by atoms with van der Waals surface area (Å²) in [7, 11) is 0. The van der Waals surface area contributed by atoms with Crippen LogP contribution in [0.2, 0.25) is 0 Å². The number of hydrogen-bond donors (Lipinski definition) is 0. The largest absolute Gasteiger partial charge is 0.338 e. The van der Waals surface area contributed by atoms with E-state index in [1.165, 1.54) is 24.0 Å². The summed E-state index contributed by atoms with van der Waals surface area (Å²) in [6.07, 6.45) is 2.42. The number of hydrogen-bond acceptors (Lipinski definition) is 4. The Morgan fingerprint density at radius 2 is 2.05 bits per heavy atom. The van der Waals surface area contributed by atoms with Gasteiger partial charge in [0.25, 0.3) is 0 Å². The fourth-order valence-electron chi connectivity index (χ4n) is 2.34. The second-order valence-corrected chi connectivity index (χ2v) is 5.55. The van der Waals surface area contributed by atoms with E-state index in [1.807, 2.05) is 0 Å². The topological polar surface area (TPSA) is 42.2 Å². The molecule has 0 bridgehead atoms. The van der Waals surface area contributed by atoms with E-state index in [2.05, 4.69) is 53.2 Å². The number of aryl methyl sites for hydroxylation is 1. The predicted molar refractivity (Wildman–Crippen MR) is 77.2 cm³/mol. The molecule has 20 heavy (non-hydrogen) atoms. The molecule has 1 fully saturated rings. The highest BCUT2D eigenvalue weighted by Crippen LogP contribution is 2.38. The summed E-state index contributed by atoms with van der Waals surface area (Å²) in [6.45, 7) is 6.93. The van der Waals surface area contributed by atoms with E-state index in [9.17, 15) is 0 Å². The third-order valence-electron chi connectivity index (χ3n) is 3.89. The summed E-state index contributed by atoms with van der Waals surface area (Å²) in [5, 5.41) is 4.08. The zero-order chi connectivity index (χ0) is 13.9. The van der Waals surface area contributed by atoms with Gasteiger partial charge in [-0.1, -0.05) is 36.3 Å². The lowest BCUT2D eigenvalue weighted by Crippen LogP contribution is -2.23. The highest BCUT2D eigenvalue weighted by atomic mass is 16.5. The Kier molecular flexibility index (Phi) is 3.83. The minimum atomic E-state index is 0.555. The molecule has 2 aromatic rings. The van der Waals surface area contributed by atoms with E-state index < -0.39 is 0 Å². The molecule has 1 aliphatic carbocycles. The zero-order valence-electron chi connectivity index (χ0n) is 12.2. The van der Waals surface area contributed by atoms with Crippen LogP contribution in [0.1, 0.15) is 48.5 Å². The van der Waals surface area contributed by atoms with Gasteiger partial charge in [0, 0.05) is 12.5 Å². The SMILES string of the molecule is CCN(Cc1nc(C2CC2)no1)Cc1ccccc1C. The molecular weight excluding hydrogens is 250 g/mol. The lowest BCUT2D eigenvalue weighted by molar-refractivity contribution is 0.228. The average Bonchev–Trinajstić information content (AvgIpc) is 3.21. The molecule has 3 rings (SSSR count). The monoisotopic (exact) mass is 271 g/mol. The van der Waals surface area contributed by atoms with E-state index in [4.69, 9.17) is 4.52 Å². The van der Waals surface area contributed by atoms with Crippen LogP contribution in [0.15, 0.2) is 28.8 Å². The van der Waals surface area contributed by atoms with Gasteiger partial charge in [-0.2, -0.15) is 4.98 Å². The van der Waals surface area contributed by atoms with Crippen molar-refractivity contribution in [2.24, 2.45) is 0 Å². The number of nitrogens with zero attached hydrogens (tertiary/aromatic N) is 3. The molecule has 0 aliphatic heterocycles. The maximum Gasteiger partial charge on any atom is 0.240 e. The fraction of sp³-hybridized carbons (Fsp3) is 0.500. The minimum Gasteiger partial charge on any atom is -0.338 e. The van der Waals surface area contributed by atoms with Gasteiger partial charge in [-0.25, -0.2) is 0 Å². The molecule has 0 amide bonds. The van der Waals surface area contributed by atoms with E-state index in [-0.39, 0.29) is 0 Å². The molecule has 4 heteroatoms. The van der Waals surface area contributed by atoms with Crippen molar-refractivity contribution in [3.8, 4) is 0 Å². The van der Waals surface area contributed by atoms with Crippen molar-refractivity contribution in [1.82, 2.24) is 15.0 Å². The molecule has 0 saturated heterocycles. The van der Waals surface area contributed by atoms with Crippen molar-refractivity contribution in [3.05, 3.63) is 47.1 Å². The smallest absolute Gasteiger partial charge is 0.240 e. The number of rotatable bonds is 6. The van der Waals surface area contributed by atoms with Crippen LogP contribution in [0.5, 0.6) is 0 Å². The molecule has 0 N–H and O–H groups in total. The molecule has 0 spiro atoms. The van der Waals surface area contributed by atoms with Crippen LogP contribution in [0.4, 0.5) is 0 Å². The first kappa shape index (κ1) is 13.3. The van der Waals surface area contributed by atoms with Crippen LogP contribution in [-0.4, -0.2) is 21.6 Å². The second-order valence-electron chi connectivity index (χ2n) is 5.55. The van der Waals surface area contributed by atoms with Crippen molar-refractivity contribution in [1.29, 1.82) is 0 Å². The summed E-state index contributed by atoms with van der Waals surface area (Å²) >= 11 is 0. The lowest BCUT2D eigenvalue weighted by atomic mass is 10.1. The molecule has 1 saturated carbocycles. The number of aromatic nitrogens is 2. The molecule has 1 aromatic heterocycles. The van der Waals surface area contributed by atoms with Gasteiger partial charge in [0.1, 0.15) is 0 Å². The Hall–Kier alpha value is -1.68. The summed E-state index contributed by atoms with van der Waals surface area (Å²) in [5.41, 5.74) is 2.69. The molecule has 106 valence electrons. The van der Waals surface area contributed by atoms with Gasteiger partial charge >= 0.3 is 0 Å². The van der Waals surface area contributed by atoms with Gasteiger partial charge < -0.3 is 4.52 Å². The molecule has 0 radical (unpaired) electrons. The highest BCUT2D eigenvalue weighted by Gasteiger charge is 2.28. The first-order chi connectivity index (χ1) is 9.76. The standard InChI is InChI=1S/C16H21N3O/c1-3-19(10-14-7-5-4-6-12(14)2)11-15-17-16(18-20-15)13-8-9-13/h4-7,13H,3,8-11H2,1-2H3. The Morgan fingerprint density at radius 3 is 2.75 bits per heavy atom. The maximum atomic E-state index is 5.36. The summed E-state index contributed by atoms with van der Waals surface area (Å²) < 4.78 is 5.36. The Morgan fingerprint density at radius 1 is 1.25 bits per heavy atom. The maximum absolute atomic E-state index is 5.36. The summed E-state index contributed by atoms with van der Waals surface area (Å²) in [4.78, 5) is 6.83. The fourth-order valence-corrected chi connectivity index (χ4v) is 2.34. The van der Waals surface area contributed by atoms with Gasteiger partial charge in [0.2, 0.25) is 5.89 Å². The Balaban J connectivity index is 1.65. The first-order valence-electron chi connectivity index (χ1n) is 7.35. The van der Waals surface area contributed by atoms with Crippen molar-refractivity contribution in [3.63, 3.8) is 0 Å². The summed E-state index contributed by atoms with van der Waals surface area (Å²) in [6, 6.07) is 8.51. The van der Waals surface area contributed by atoms with Crippen molar-refractivity contribution >= 4 is 0 Å². The van der Waals surface area contributed by atoms with E-state index in [0.717, 1.165) is 31.3 Å². The Labute approximate surface area is 119 Å². The predicted octanol–water partition coefficient (Wildman–Crippen LogP) is 3.28. The quantitative estimate of drug-likeness (QED) is 0.808. The van der Waals surface area contributed by atoms with Gasteiger partial charge in [-0.15, -0.1) is 0 Å². The summed E-state index contributed by atoms with van der Waals surface area (Å²) in [5.74, 6) is 2.19. The third-order valence-corrected chi connectivity index (χ3v) is 3.89. The van der Waals surface area contributed by atoms with Gasteiger partial charge in [0.05, 0.1) is 6.54 Å². The minimum absolute atomic E-state index is 0.555. The highest BCUT2D eigenvalue weighted by molar-refractivity contribution is 5.25. The van der Waals surface area contributed by atoms with Crippen molar-refractivity contribution in [2.75, 3.05) is 6.54 Å². The van der Waals surface area contributed by atoms with Crippen LogP contribution >= 0.6 is 0 Å². The van der Waals surface area contributed by atoms with E-state index >= 15 is 0 Å².